The van der Waals surface area contributed by atoms with Gasteiger partial charge in [0, 0.05) is 5.22 Å². The number of hydrogen-bond donors (Lipinski definition) is 0. The van der Waals surface area contributed by atoms with Gasteiger partial charge < -0.3 is 14.2 Å². The van der Waals surface area contributed by atoms with E-state index in [0.717, 1.165) is 10.4 Å². The van der Waals surface area contributed by atoms with E-state index >= 15 is 0 Å². The van der Waals surface area contributed by atoms with Crippen molar-refractivity contribution in [2.24, 2.45) is 0 Å². The van der Waals surface area contributed by atoms with Gasteiger partial charge in [0.25, 0.3) is 0 Å². The maximum Gasteiger partial charge on any atom is 0.338 e. The van der Waals surface area contributed by atoms with Gasteiger partial charge in [0.2, 0.25) is 0 Å². The van der Waals surface area contributed by atoms with Gasteiger partial charge in [-0.05, 0) is 36.4 Å². The highest BCUT2D eigenvalue weighted by Crippen LogP contribution is 2.21. The molecule has 134 valence electrons. The Bertz CT molecular complexity index is 922. The molecule has 0 radical (unpaired) electrons. The third-order valence-corrected chi connectivity index (χ3v) is 3.58. The number of methoxy groups -OCH3 is 2. The third kappa shape index (κ3) is 4.39. The topological polar surface area (TPSA) is 61.8 Å². The molecule has 0 fully saturated rings. The molecule has 0 aromatic heterocycles. The number of ether oxygens (including phenoxy) is 3. The molecule has 0 aliphatic carbocycles. The molecule has 5 heteroatoms. The van der Waals surface area contributed by atoms with Gasteiger partial charge in [0.1, 0.15) is 11.5 Å². The van der Waals surface area contributed by atoms with Crippen molar-refractivity contribution in [2.45, 2.75) is 6.92 Å². The summed E-state index contributed by atoms with van der Waals surface area (Å²) in [7, 11) is 2.54. The summed E-state index contributed by atoms with van der Waals surface area (Å²) in [4.78, 5) is 23.8. The fraction of sp³-hybridized carbons (Fsp3) is 0.143. The van der Waals surface area contributed by atoms with Crippen molar-refractivity contribution in [1.29, 1.82) is 0 Å². The van der Waals surface area contributed by atoms with Crippen LogP contribution < -0.4 is 15.2 Å². The molecule has 2 aromatic carbocycles. The Balaban J connectivity index is 2.61. The molecule has 2 aromatic rings. The second kappa shape index (κ2) is 8.67. The standard InChI is InChI=1S/C21H20O5/c1-5-8-19(18-10-7-6-9-14(18)2)26-17-12-15(20(22)24-3)11-16(13-17)21(23)25-4/h5-13H,2H2,1,3-4H3/b8-5-,19-18+. The second-order valence-corrected chi connectivity index (χ2v) is 5.35. The predicted octanol–water partition coefficient (Wildman–Crippen LogP) is 2.43. The first-order valence-electron chi connectivity index (χ1n) is 7.90. The molecule has 0 spiro atoms. The lowest BCUT2D eigenvalue weighted by atomic mass is 10.1. The van der Waals surface area contributed by atoms with Gasteiger partial charge in [-0.1, -0.05) is 36.9 Å². The van der Waals surface area contributed by atoms with Crippen LogP contribution in [0.1, 0.15) is 27.6 Å². The van der Waals surface area contributed by atoms with Crippen LogP contribution in [0.25, 0.3) is 12.3 Å². The molecule has 2 rings (SSSR count). The Morgan fingerprint density at radius 1 is 0.962 bits per heavy atom. The summed E-state index contributed by atoms with van der Waals surface area (Å²) in [5, 5.41) is 1.59. The van der Waals surface area contributed by atoms with E-state index < -0.39 is 11.9 Å². The molecule has 0 atom stereocenters. The lowest BCUT2D eigenvalue weighted by Crippen LogP contribution is -2.26. The largest absolute Gasteiger partial charge is 0.465 e. The van der Waals surface area contributed by atoms with Gasteiger partial charge >= 0.3 is 11.9 Å². The minimum absolute atomic E-state index is 0.188. The fourth-order valence-corrected chi connectivity index (χ4v) is 2.35. The molecule has 0 aliphatic heterocycles. The quantitative estimate of drug-likeness (QED) is 0.774. The molecule has 26 heavy (non-hydrogen) atoms. The Labute approximate surface area is 151 Å². The maximum atomic E-state index is 11.9. The summed E-state index contributed by atoms with van der Waals surface area (Å²) in [6.45, 7) is 5.86. The first-order valence-corrected chi connectivity index (χ1v) is 7.90. The molecule has 0 unspecified atom stereocenters. The normalized spacial score (nSPS) is 11.8. The van der Waals surface area contributed by atoms with Crippen molar-refractivity contribution in [1.82, 2.24) is 0 Å². The average Bonchev–Trinajstić information content (AvgIpc) is 2.66. The number of allylic oxidation sites excluding steroid dienone is 1. The Hall–Kier alpha value is -3.34. The highest BCUT2D eigenvalue weighted by atomic mass is 16.5. The van der Waals surface area contributed by atoms with Gasteiger partial charge in [0.05, 0.1) is 25.3 Å². The van der Waals surface area contributed by atoms with Crippen molar-refractivity contribution in [3.8, 4) is 5.75 Å². The van der Waals surface area contributed by atoms with Crippen LogP contribution in [0, 0.1) is 0 Å². The van der Waals surface area contributed by atoms with Crippen LogP contribution in [0.5, 0.6) is 5.75 Å². The summed E-state index contributed by atoms with van der Waals surface area (Å²) in [5.41, 5.74) is 0.376. The lowest BCUT2D eigenvalue weighted by molar-refractivity contribution is 0.0598. The van der Waals surface area contributed by atoms with Gasteiger partial charge in [-0.2, -0.15) is 0 Å². The number of benzene rings is 2. The Morgan fingerprint density at radius 2 is 1.54 bits per heavy atom. The highest BCUT2D eigenvalue weighted by Gasteiger charge is 2.15. The van der Waals surface area contributed by atoms with Crippen LogP contribution in [-0.4, -0.2) is 26.2 Å². The van der Waals surface area contributed by atoms with E-state index in [2.05, 4.69) is 6.58 Å². The minimum atomic E-state index is -0.578. The number of rotatable bonds is 5. The molecule has 0 bridgehead atoms. The smallest absolute Gasteiger partial charge is 0.338 e. The van der Waals surface area contributed by atoms with Crippen molar-refractivity contribution in [2.75, 3.05) is 14.2 Å². The fourth-order valence-electron chi connectivity index (χ4n) is 2.35. The average molecular weight is 352 g/mol. The van der Waals surface area contributed by atoms with Gasteiger partial charge in [0.15, 0.2) is 0 Å². The second-order valence-electron chi connectivity index (χ2n) is 5.35. The molecule has 5 nitrogen and oxygen atoms in total. The zero-order valence-electron chi connectivity index (χ0n) is 14.9. The molecule has 0 saturated heterocycles. The van der Waals surface area contributed by atoms with E-state index in [1.807, 2.05) is 37.3 Å². The molecule has 0 heterocycles. The SMILES string of the molecule is C=c1cccc/c1=C(/C=C\C)Oc1cc(C(=O)OC)cc(C(=O)OC)c1. The number of hydrogen-bond acceptors (Lipinski definition) is 5. The number of esters is 2. The summed E-state index contributed by atoms with van der Waals surface area (Å²) >= 11 is 0. The summed E-state index contributed by atoms with van der Waals surface area (Å²) in [6, 6.07) is 11.9. The zero-order chi connectivity index (χ0) is 19.1. The van der Waals surface area contributed by atoms with Crippen LogP contribution in [0.15, 0.2) is 54.6 Å². The van der Waals surface area contributed by atoms with Crippen LogP contribution >= 0.6 is 0 Å². The minimum Gasteiger partial charge on any atom is -0.465 e. The summed E-state index contributed by atoms with van der Waals surface area (Å²) in [6.07, 6.45) is 3.61. The first-order chi connectivity index (χ1) is 12.5. The van der Waals surface area contributed by atoms with E-state index in [4.69, 9.17) is 14.2 Å². The van der Waals surface area contributed by atoms with Crippen LogP contribution in [0.3, 0.4) is 0 Å². The van der Waals surface area contributed by atoms with Gasteiger partial charge in [-0.25, -0.2) is 9.59 Å². The van der Waals surface area contributed by atoms with Crippen LogP contribution in [0.2, 0.25) is 0 Å². The van der Waals surface area contributed by atoms with Crippen molar-refractivity contribution in [3.63, 3.8) is 0 Å². The van der Waals surface area contributed by atoms with E-state index in [9.17, 15) is 9.59 Å². The van der Waals surface area contributed by atoms with Crippen molar-refractivity contribution >= 4 is 24.3 Å². The zero-order valence-corrected chi connectivity index (χ0v) is 14.9. The third-order valence-electron chi connectivity index (χ3n) is 3.58. The lowest BCUT2D eigenvalue weighted by Gasteiger charge is -2.11. The monoisotopic (exact) mass is 352 g/mol. The molecular formula is C21H20O5. The highest BCUT2D eigenvalue weighted by molar-refractivity contribution is 5.96. The molecule has 0 N–H and O–H groups in total. The van der Waals surface area contributed by atoms with Crippen LogP contribution in [0.4, 0.5) is 0 Å². The van der Waals surface area contributed by atoms with E-state index in [-0.39, 0.29) is 11.1 Å². The van der Waals surface area contributed by atoms with Gasteiger partial charge in [-0.15, -0.1) is 0 Å². The number of carbonyl (C=O) groups excluding carboxylic acids is 2. The summed E-state index contributed by atoms with van der Waals surface area (Å²) < 4.78 is 15.4. The number of carbonyl (C=O) groups is 2. The Morgan fingerprint density at radius 3 is 2.04 bits per heavy atom. The van der Waals surface area contributed by atoms with Crippen LogP contribution in [-0.2, 0) is 9.47 Å². The van der Waals surface area contributed by atoms with Crippen molar-refractivity contribution < 1.29 is 23.8 Å². The Kier molecular flexibility index (Phi) is 6.33. The summed E-state index contributed by atoms with van der Waals surface area (Å²) in [5.74, 6) is -0.308. The first kappa shape index (κ1) is 19.0. The molecule has 0 saturated carbocycles. The van der Waals surface area contributed by atoms with Gasteiger partial charge in [-0.3, -0.25) is 0 Å². The van der Waals surface area contributed by atoms with E-state index in [1.54, 1.807) is 6.08 Å². The van der Waals surface area contributed by atoms with Crippen molar-refractivity contribution in [3.05, 3.63) is 76.2 Å². The van der Waals surface area contributed by atoms with E-state index in [0.29, 0.717) is 11.5 Å². The predicted molar refractivity (Wildman–Crippen MR) is 99.2 cm³/mol. The van der Waals surface area contributed by atoms with E-state index in [1.165, 1.54) is 32.4 Å². The molecule has 0 aliphatic rings. The maximum absolute atomic E-state index is 11.9. The molecule has 0 amide bonds. The molecular weight excluding hydrogens is 332 g/mol.